The average Bonchev–Trinajstić information content (AvgIpc) is 3.18. The molecule has 1 amide bonds. The number of amides is 1. The number of rotatable bonds is 8. The summed E-state index contributed by atoms with van der Waals surface area (Å²) >= 11 is 2.91. The van der Waals surface area contributed by atoms with Gasteiger partial charge in [0.15, 0.2) is 4.34 Å². The van der Waals surface area contributed by atoms with E-state index in [0.717, 1.165) is 29.4 Å². The van der Waals surface area contributed by atoms with Crippen molar-refractivity contribution in [3.63, 3.8) is 0 Å². The number of nitrogens with zero attached hydrogens (tertiary/aromatic N) is 2. The van der Waals surface area contributed by atoms with E-state index < -0.39 is 0 Å². The molecule has 1 fully saturated rings. The van der Waals surface area contributed by atoms with Crippen LogP contribution in [-0.4, -0.2) is 34.4 Å². The lowest BCUT2D eigenvalue weighted by Crippen LogP contribution is -2.12. The minimum atomic E-state index is -0.164. The predicted octanol–water partition coefficient (Wildman–Crippen LogP) is 2.32. The second kappa shape index (κ2) is 7.58. The molecule has 0 saturated heterocycles. The molecule has 0 unspecified atom stereocenters. The number of aromatic nitrogens is 2. The van der Waals surface area contributed by atoms with Gasteiger partial charge >= 0.3 is 5.97 Å². The van der Waals surface area contributed by atoms with E-state index in [1.165, 1.54) is 23.1 Å². The van der Waals surface area contributed by atoms with Crippen LogP contribution < -0.4 is 5.32 Å². The van der Waals surface area contributed by atoms with Gasteiger partial charge in [0.1, 0.15) is 0 Å². The SMILES string of the molecule is CCOC(=O)CCCSc1nnc(NC(=O)C2CC2)s1. The molecule has 8 heteroatoms. The predicted molar refractivity (Wildman–Crippen MR) is 77.9 cm³/mol. The number of thioether (sulfide) groups is 1. The van der Waals surface area contributed by atoms with Crippen LogP contribution in [0.1, 0.15) is 32.6 Å². The summed E-state index contributed by atoms with van der Waals surface area (Å²) in [6.07, 6.45) is 3.11. The van der Waals surface area contributed by atoms with Crippen molar-refractivity contribution in [1.82, 2.24) is 10.2 Å². The fraction of sp³-hybridized carbons (Fsp3) is 0.667. The summed E-state index contributed by atoms with van der Waals surface area (Å²) in [4.78, 5) is 22.7. The van der Waals surface area contributed by atoms with Gasteiger partial charge in [-0.05, 0) is 26.2 Å². The van der Waals surface area contributed by atoms with Gasteiger partial charge in [-0.2, -0.15) is 0 Å². The summed E-state index contributed by atoms with van der Waals surface area (Å²) in [6, 6.07) is 0. The molecule has 6 nitrogen and oxygen atoms in total. The molecule has 1 aromatic rings. The lowest BCUT2D eigenvalue weighted by Gasteiger charge is -2.00. The lowest BCUT2D eigenvalue weighted by atomic mass is 10.3. The molecule has 1 aromatic heterocycles. The number of carbonyl (C=O) groups is 2. The standard InChI is InChI=1S/C12H17N3O3S2/c1-2-18-9(16)4-3-7-19-12-15-14-11(20-12)13-10(17)8-5-6-8/h8H,2-7H2,1H3,(H,13,14,17). The van der Waals surface area contributed by atoms with E-state index in [-0.39, 0.29) is 17.8 Å². The number of hydrogen-bond acceptors (Lipinski definition) is 7. The highest BCUT2D eigenvalue weighted by molar-refractivity contribution is 8.01. The molecular weight excluding hydrogens is 298 g/mol. The van der Waals surface area contributed by atoms with Gasteiger partial charge in [0.25, 0.3) is 0 Å². The maximum absolute atomic E-state index is 11.6. The molecule has 0 aromatic carbocycles. The molecule has 1 heterocycles. The van der Waals surface area contributed by atoms with Crippen LogP contribution in [0.2, 0.25) is 0 Å². The van der Waals surface area contributed by atoms with Crippen LogP contribution in [0.4, 0.5) is 5.13 Å². The van der Waals surface area contributed by atoms with E-state index >= 15 is 0 Å². The molecule has 1 N–H and O–H groups in total. The average molecular weight is 315 g/mol. The van der Waals surface area contributed by atoms with Crippen molar-refractivity contribution < 1.29 is 14.3 Å². The normalized spacial score (nSPS) is 14.1. The van der Waals surface area contributed by atoms with Crippen LogP contribution >= 0.6 is 23.1 Å². The Kier molecular flexibility index (Phi) is 5.78. The van der Waals surface area contributed by atoms with E-state index in [2.05, 4.69) is 15.5 Å². The molecule has 0 radical (unpaired) electrons. The highest BCUT2D eigenvalue weighted by Gasteiger charge is 2.30. The highest BCUT2D eigenvalue weighted by Crippen LogP contribution is 2.31. The minimum absolute atomic E-state index is 0.0417. The highest BCUT2D eigenvalue weighted by atomic mass is 32.2. The number of ether oxygens (including phenoxy) is 1. The number of esters is 1. The summed E-state index contributed by atoms with van der Waals surface area (Å²) in [6.45, 7) is 2.22. The molecule has 1 saturated carbocycles. The first-order valence-corrected chi connectivity index (χ1v) is 8.42. The van der Waals surface area contributed by atoms with Crippen LogP contribution in [-0.2, 0) is 14.3 Å². The van der Waals surface area contributed by atoms with Crippen molar-refractivity contribution in [1.29, 1.82) is 0 Å². The molecule has 110 valence electrons. The Morgan fingerprint density at radius 3 is 2.95 bits per heavy atom. The Bertz CT molecular complexity index is 474. The van der Waals surface area contributed by atoms with Crippen LogP contribution in [0.25, 0.3) is 0 Å². The van der Waals surface area contributed by atoms with Crippen molar-refractivity contribution in [3.8, 4) is 0 Å². The van der Waals surface area contributed by atoms with Crippen LogP contribution in [0, 0.1) is 5.92 Å². The minimum Gasteiger partial charge on any atom is -0.466 e. The van der Waals surface area contributed by atoms with Crippen LogP contribution in [0.3, 0.4) is 0 Å². The first kappa shape index (κ1) is 15.2. The molecule has 20 heavy (non-hydrogen) atoms. The summed E-state index contributed by atoms with van der Waals surface area (Å²) in [7, 11) is 0. The van der Waals surface area contributed by atoms with Gasteiger partial charge < -0.3 is 10.1 Å². The molecule has 0 aliphatic heterocycles. The summed E-state index contributed by atoms with van der Waals surface area (Å²) in [5.74, 6) is 0.826. The smallest absolute Gasteiger partial charge is 0.305 e. The van der Waals surface area contributed by atoms with Crippen molar-refractivity contribution in [2.75, 3.05) is 17.7 Å². The van der Waals surface area contributed by atoms with Gasteiger partial charge in [-0.1, -0.05) is 23.1 Å². The third-order valence-electron chi connectivity index (χ3n) is 2.64. The van der Waals surface area contributed by atoms with E-state index in [4.69, 9.17) is 4.74 Å². The van der Waals surface area contributed by atoms with Crippen molar-refractivity contribution >= 4 is 40.1 Å². The zero-order valence-corrected chi connectivity index (χ0v) is 12.9. The number of anilines is 1. The van der Waals surface area contributed by atoms with Crippen molar-refractivity contribution in [2.24, 2.45) is 5.92 Å². The van der Waals surface area contributed by atoms with Gasteiger partial charge in [-0.15, -0.1) is 10.2 Å². The van der Waals surface area contributed by atoms with Gasteiger partial charge in [0, 0.05) is 18.1 Å². The molecule has 1 aliphatic carbocycles. The van der Waals surface area contributed by atoms with Gasteiger partial charge in [0.2, 0.25) is 11.0 Å². The molecule has 0 atom stereocenters. The van der Waals surface area contributed by atoms with Crippen molar-refractivity contribution in [3.05, 3.63) is 0 Å². The first-order chi connectivity index (χ1) is 9.69. The zero-order chi connectivity index (χ0) is 14.4. The topological polar surface area (TPSA) is 81.2 Å². The largest absolute Gasteiger partial charge is 0.466 e. The third-order valence-corrected chi connectivity index (χ3v) is 4.70. The summed E-state index contributed by atoms with van der Waals surface area (Å²) in [5.41, 5.74) is 0. The van der Waals surface area contributed by atoms with Crippen molar-refractivity contribution in [2.45, 2.75) is 36.9 Å². The molecule has 0 spiro atoms. The number of carbonyl (C=O) groups excluding carboxylic acids is 2. The fourth-order valence-electron chi connectivity index (χ4n) is 1.48. The Balaban J connectivity index is 1.64. The fourth-order valence-corrected chi connectivity index (χ4v) is 3.25. The van der Waals surface area contributed by atoms with Gasteiger partial charge in [-0.3, -0.25) is 9.59 Å². The molecule has 1 aliphatic rings. The Hall–Kier alpha value is -1.15. The third kappa shape index (κ3) is 5.09. The van der Waals surface area contributed by atoms with Crippen LogP contribution in [0.15, 0.2) is 4.34 Å². The Morgan fingerprint density at radius 1 is 1.45 bits per heavy atom. The number of nitrogens with one attached hydrogen (secondary N) is 1. The molecule has 2 rings (SSSR count). The van der Waals surface area contributed by atoms with Gasteiger partial charge in [0.05, 0.1) is 6.61 Å². The monoisotopic (exact) mass is 315 g/mol. The molecular formula is C12H17N3O3S2. The molecule has 0 bridgehead atoms. The van der Waals surface area contributed by atoms with E-state index in [1.807, 2.05) is 0 Å². The van der Waals surface area contributed by atoms with Crippen LogP contribution in [0.5, 0.6) is 0 Å². The zero-order valence-electron chi connectivity index (χ0n) is 11.3. The quantitative estimate of drug-likeness (QED) is 0.343. The van der Waals surface area contributed by atoms with E-state index in [0.29, 0.717) is 18.2 Å². The lowest BCUT2D eigenvalue weighted by molar-refractivity contribution is -0.143. The Labute approximate surface area is 125 Å². The number of hydrogen-bond donors (Lipinski definition) is 1. The maximum atomic E-state index is 11.6. The summed E-state index contributed by atoms with van der Waals surface area (Å²) < 4.78 is 5.65. The summed E-state index contributed by atoms with van der Waals surface area (Å²) in [5, 5.41) is 11.3. The maximum Gasteiger partial charge on any atom is 0.305 e. The second-order valence-corrected chi connectivity index (χ2v) is 6.71. The Morgan fingerprint density at radius 2 is 2.25 bits per heavy atom. The first-order valence-electron chi connectivity index (χ1n) is 6.62. The van der Waals surface area contributed by atoms with Gasteiger partial charge in [-0.25, -0.2) is 0 Å². The van der Waals surface area contributed by atoms with E-state index in [9.17, 15) is 9.59 Å². The van der Waals surface area contributed by atoms with E-state index in [1.54, 1.807) is 6.92 Å². The second-order valence-electron chi connectivity index (χ2n) is 4.39.